The van der Waals surface area contributed by atoms with E-state index in [1.807, 2.05) is 61.5 Å². The zero-order chi connectivity index (χ0) is 22.1. The highest BCUT2D eigenvalue weighted by atomic mass is 16.5. The summed E-state index contributed by atoms with van der Waals surface area (Å²) in [7, 11) is 3.96. The van der Waals surface area contributed by atoms with Crippen LogP contribution < -0.4 is 4.74 Å². The Morgan fingerprint density at radius 1 is 1.00 bits per heavy atom. The van der Waals surface area contributed by atoms with Gasteiger partial charge in [0.25, 0.3) is 5.91 Å². The van der Waals surface area contributed by atoms with Gasteiger partial charge in [-0.15, -0.1) is 0 Å². The third kappa shape index (κ3) is 6.66. The number of aromatic nitrogens is 1. The topological polar surface area (TPSA) is 69.5 Å². The molecule has 0 atom stereocenters. The Kier molecular flexibility index (Phi) is 7.74. The first kappa shape index (κ1) is 22.0. The first-order valence-corrected chi connectivity index (χ1v) is 10.1. The van der Waals surface area contributed by atoms with Crippen LogP contribution in [0.3, 0.4) is 0 Å². The van der Waals surface area contributed by atoms with Gasteiger partial charge in [0.2, 0.25) is 5.88 Å². The number of nitrogens with zero attached hydrogens (tertiary/aromatic N) is 4. The third-order valence-electron chi connectivity index (χ3n) is 4.77. The van der Waals surface area contributed by atoms with Gasteiger partial charge in [0.1, 0.15) is 6.61 Å². The lowest BCUT2D eigenvalue weighted by Gasteiger charge is -2.25. The Bertz CT molecular complexity index is 1030. The molecule has 1 amide bonds. The SMILES string of the molecule is CN(C)CCN(Cc1ccc(C#N)cc1)C(=O)c1ccnc(OCc2ccccc2)c1. The lowest BCUT2D eigenvalue weighted by atomic mass is 10.1. The van der Waals surface area contributed by atoms with Crippen molar-refractivity contribution < 1.29 is 9.53 Å². The summed E-state index contributed by atoms with van der Waals surface area (Å²) in [6.45, 7) is 2.17. The summed E-state index contributed by atoms with van der Waals surface area (Å²) in [5, 5.41) is 9.00. The quantitative estimate of drug-likeness (QED) is 0.534. The molecule has 158 valence electrons. The van der Waals surface area contributed by atoms with E-state index >= 15 is 0 Å². The van der Waals surface area contributed by atoms with E-state index in [-0.39, 0.29) is 5.91 Å². The van der Waals surface area contributed by atoms with Crippen molar-refractivity contribution in [2.45, 2.75) is 13.2 Å². The van der Waals surface area contributed by atoms with Crippen LogP contribution in [0.1, 0.15) is 27.0 Å². The fourth-order valence-electron chi connectivity index (χ4n) is 3.01. The standard InChI is InChI=1S/C25H26N4O2/c1-28(2)14-15-29(18-21-10-8-20(17-26)9-11-21)25(30)23-12-13-27-24(16-23)31-19-22-6-4-3-5-7-22/h3-13,16H,14-15,18-19H2,1-2H3. The normalized spacial score (nSPS) is 10.5. The van der Waals surface area contributed by atoms with Crippen molar-refractivity contribution in [1.29, 1.82) is 5.26 Å². The molecule has 1 heterocycles. The van der Waals surface area contributed by atoms with E-state index in [9.17, 15) is 4.79 Å². The Balaban J connectivity index is 1.73. The van der Waals surface area contributed by atoms with Gasteiger partial charge in [-0.3, -0.25) is 4.79 Å². The molecule has 0 saturated carbocycles. The van der Waals surface area contributed by atoms with Crippen LogP contribution in [0.15, 0.2) is 72.9 Å². The number of hydrogen-bond acceptors (Lipinski definition) is 5. The molecule has 3 rings (SSSR count). The highest BCUT2D eigenvalue weighted by molar-refractivity contribution is 5.94. The molecule has 6 heteroatoms. The predicted molar refractivity (Wildman–Crippen MR) is 119 cm³/mol. The van der Waals surface area contributed by atoms with Crippen LogP contribution in [0.5, 0.6) is 5.88 Å². The fraction of sp³-hybridized carbons (Fsp3) is 0.240. The van der Waals surface area contributed by atoms with Gasteiger partial charge < -0.3 is 14.5 Å². The minimum absolute atomic E-state index is 0.0850. The van der Waals surface area contributed by atoms with E-state index in [2.05, 4.69) is 11.1 Å². The minimum atomic E-state index is -0.0850. The van der Waals surface area contributed by atoms with E-state index in [4.69, 9.17) is 10.00 Å². The zero-order valence-corrected chi connectivity index (χ0v) is 17.9. The second-order valence-electron chi connectivity index (χ2n) is 7.50. The van der Waals surface area contributed by atoms with E-state index in [0.29, 0.717) is 36.7 Å². The molecule has 0 aliphatic rings. The first-order chi connectivity index (χ1) is 15.0. The Labute approximate surface area is 183 Å². The molecule has 1 aromatic heterocycles. The first-order valence-electron chi connectivity index (χ1n) is 10.1. The number of pyridine rings is 1. The predicted octanol–water partition coefficient (Wildman–Crippen LogP) is 3.74. The van der Waals surface area contributed by atoms with Crippen molar-refractivity contribution in [3.63, 3.8) is 0 Å². The molecule has 0 unspecified atom stereocenters. The van der Waals surface area contributed by atoms with Gasteiger partial charge in [-0.1, -0.05) is 42.5 Å². The van der Waals surface area contributed by atoms with Crippen LogP contribution in [0.25, 0.3) is 0 Å². The molecule has 0 bridgehead atoms. The second-order valence-corrected chi connectivity index (χ2v) is 7.50. The van der Waals surface area contributed by atoms with Crippen LogP contribution in [0.4, 0.5) is 0 Å². The van der Waals surface area contributed by atoms with E-state index in [0.717, 1.165) is 17.7 Å². The van der Waals surface area contributed by atoms with Crippen LogP contribution in [0.2, 0.25) is 0 Å². The fourth-order valence-corrected chi connectivity index (χ4v) is 3.01. The Morgan fingerprint density at radius 2 is 1.74 bits per heavy atom. The summed E-state index contributed by atoms with van der Waals surface area (Å²) >= 11 is 0. The third-order valence-corrected chi connectivity index (χ3v) is 4.77. The largest absolute Gasteiger partial charge is 0.473 e. The van der Waals surface area contributed by atoms with E-state index in [1.54, 1.807) is 35.4 Å². The maximum Gasteiger partial charge on any atom is 0.254 e. The number of rotatable bonds is 9. The van der Waals surface area contributed by atoms with Crippen LogP contribution >= 0.6 is 0 Å². The maximum atomic E-state index is 13.3. The average Bonchev–Trinajstić information content (AvgIpc) is 2.81. The lowest BCUT2D eigenvalue weighted by molar-refractivity contribution is 0.0731. The van der Waals surface area contributed by atoms with Crippen molar-refractivity contribution in [3.8, 4) is 11.9 Å². The highest BCUT2D eigenvalue weighted by Gasteiger charge is 2.17. The van der Waals surface area contributed by atoms with Gasteiger partial charge >= 0.3 is 0 Å². The van der Waals surface area contributed by atoms with E-state index < -0.39 is 0 Å². The number of amides is 1. The van der Waals surface area contributed by atoms with Crippen LogP contribution in [-0.4, -0.2) is 47.9 Å². The summed E-state index contributed by atoms with van der Waals surface area (Å²) in [5.41, 5.74) is 3.14. The molecule has 31 heavy (non-hydrogen) atoms. The van der Waals surface area contributed by atoms with E-state index in [1.165, 1.54) is 0 Å². The molecular weight excluding hydrogens is 388 g/mol. The molecule has 0 spiro atoms. The molecule has 0 N–H and O–H groups in total. The molecule has 6 nitrogen and oxygen atoms in total. The van der Waals surface area contributed by atoms with Crippen molar-refractivity contribution in [2.24, 2.45) is 0 Å². The zero-order valence-electron chi connectivity index (χ0n) is 17.9. The molecular formula is C25H26N4O2. The summed E-state index contributed by atoms with van der Waals surface area (Å²) in [5.74, 6) is 0.332. The van der Waals surface area contributed by atoms with Gasteiger partial charge in [0.15, 0.2) is 0 Å². The maximum absolute atomic E-state index is 13.3. The Hall–Kier alpha value is -3.69. The van der Waals surface area contributed by atoms with Gasteiger partial charge in [-0.25, -0.2) is 4.98 Å². The minimum Gasteiger partial charge on any atom is -0.473 e. The van der Waals surface area contributed by atoms with Crippen molar-refractivity contribution in [2.75, 3.05) is 27.2 Å². The summed E-state index contributed by atoms with van der Waals surface area (Å²) < 4.78 is 5.78. The smallest absolute Gasteiger partial charge is 0.254 e. The number of ether oxygens (including phenoxy) is 1. The summed E-state index contributed by atoms with van der Waals surface area (Å²) in [4.78, 5) is 21.4. The number of carbonyl (C=O) groups is 1. The summed E-state index contributed by atoms with van der Waals surface area (Å²) in [6.07, 6.45) is 1.60. The number of nitriles is 1. The van der Waals surface area contributed by atoms with Crippen molar-refractivity contribution in [3.05, 3.63) is 95.2 Å². The average molecular weight is 415 g/mol. The number of carbonyl (C=O) groups excluding carboxylic acids is 1. The van der Waals surface area contributed by atoms with Crippen molar-refractivity contribution in [1.82, 2.24) is 14.8 Å². The number of hydrogen-bond donors (Lipinski definition) is 0. The number of likely N-dealkylation sites (N-methyl/N-ethyl adjacent to an activating group) is 1. The molecule has 0 radical (unpaired) electrons. The number of benzene rings is 2. The molecule has 2 aromatic carbocycles. The summed E-state index contributed by atoms with van der Waals surface area (Å²) in [6, 6.07) is 22.7. The van der Waals surface area contributed by atoms with Gasteiger partial charge in [0.05, 0.1) is 11.6 Å². The van der Waals surface area contributed by atoms with Crippen molar-refractivity contribution >= 4 is 5.91 Å². The second kappa shape index (κ2) is 10.9. The molecule has 0 aliphatic heterocycles. The van der Waals surface area contributed by atoms with Gasteiger partial charge in [-0.2, -0.15) is 5.26 Å². The molecule has 3 aromatic rings. The molecule has 0 fully saturated rings. The van der Waals surface area contributed by atoms with Gasteiger partial charge in [-0.05, 0) is 43.4 Å². The van der Waals surface area contributed by atoms with Gasteiger partial charge in [0, 0.05) is 37.5 Å². The molecule has 0 aliphatic carbocycles. The molecule has 0 saturated heterocycles. The Morgan fingerprint density at radius 3 is 2.42 bits per heavy atom. The van der Waals surface area contributed by atoms with Crippen LogP contribution in [-0.2, 0) is 13.2 Å². The van der Waals surface area contributed by atoms with Crippen LogP contribution in [0, 0.1) is 11.3 Å². The lowest BCUT2D eigenvalue weighted by Crippen LogP contribution is -2.36. The monoisotopic (exact) mass is 414 g/mol. The highest BCUT2D eigenvalue weighted by Crippen LogP contribution is 2.16.